The molecule has 3 rings (SSSR count). The van der Waals surface area contributed by atoms with Gasteiger partial charge in [-0.25, -0.2) is 0 Å². The largest absolute Gasteiger partial charge is 0.376 e. The highest BCUT2D eigenvalue weighted by Gasteiger charge is 2.23. The highest BCUT2D eigenvalue weighted by Crippen LogP contribution is 2.16. The van der Waals surface area contributed by atoms with Crippen LogP contribution in [0.1, 0.15) is 30.7 Å². The van der Waals surface area contributed by atoms with E-state index in [0.29, 0.717) is 25.9 Å². The Morgan fingerprint density at radius 2 is 2.29 bits per heavy atom. The fraction of sp³-hybridized carbons (Fsp3) is 0.500. The van der Waals surface area contributed by atoms with Gasteiger partial charge in [-0.2, -0.15) is 5.10 Å². The minimum atomic E-state index is 0.136. The fourth-order valence-electron chi connectivity index (χ4n) is 3.02. The molecule has 1 atom stereocenters. The van der Waals surface area contributed by atoms with Gasteiger partial charge in [0.15, 0.2) is 0 Å². The molecule has 0 spiro atoms. The third-order valence-corrected chi connectivity index (χ3v) is 4.40. The van der Waals surface area contributed by atoms with E-state index in [1.54, 1.807) is 12.4 Å². The first-order valence-corrected chi connectivity index (χ1v) is 8.48. The Labute approximate surface area is 142 Å². The second-order valence-corrected chi connectivity index (χ2v) is 6.18. The molecule has 2 aromatic heterocycles. The average Bonchev–Trinajstić information content (AvgIpc) is 3.25. The van der Waals surface area contributed by atoms with Crippen molar-refractivity contribution in [2.24, 2.45) is 7.05 Å². The van der Waals surface area contributed by atoms with Gasteiger partial charge in [0.25, 0.3) is 0 Å². The molecule has 0 bridgehead atoms. The third kappa shape index (κ3) is 4.41. The molecule has 6 nitrogen and oxygen atoms in total. The Hall–Kier alpha value is -2.21. The Morgan fingerprint density at radius 3 is 2.96 bits per heavy atom. The Balaban J connectivity index is 1.63. The third-order valence-electron chi connectivity index (χ3n) is 4.40. The fourth-order valence-corrected chi connectivity index (χ4v) is 3.02. The summed E-state index contributed by atoms with van der Waals surface area (Å²) in [5.41, 5.74) is 1.97. The molecule has 3 heterocycles. The highest BCUT2D eigenvalue weighted by atomic mass is 16.5. The Morgan fingerprint density at radius 1 is 1.38 bits per heavy atom. The lowest BCUT2D eigenvalue weighted by Crippen LogP contribution is -2.37. The summed E-state index contributed by atoms with van der Waals surface area (Å²) < 4.78 is 7.53. The summed E-state index contributed by atoms with van der Waals surface area (Å²) >= 11 is 0. The first kappa shape index (κ1) is 16.6. The number of carbonyl (C=O) groups is 1. The molecule has 1 saturated heterocycles. The van der Waals surface area contributed by atoms with Crippen LogP contribution in [0, 0.1) is 0 Å². The molecule has 6 heteroatoms. The smallest absolute Gasteiger partial charge is 0.223 e. The van der Waals surface area contributed by atoms with Gasteiger partial charge in [0.05, 0.1) is 18.3 Å². The van der Waals surface area contributed by atoms with Gasteiger partial charge in [0.2, 0.25) is 5.91 Å². The van der Waals surface area contributed by atoms with E-state index < -0.39 is 0 Å². The number of amides is 1. The van der Waals surface area contributed by atoms with Crippen LogP contribution in [-0.2, 0) is 29.5 Å². The molecule has 1 amide bonds. The minimum absolute atomic E-state index is 0.136. The molecule has 0 aromatic carbocycles. The number of hydrogen-bond donors (Lipinski definition) is 0. The number of aromatic nitrogens is 3. The maximum Gasteiger partial charge on any atom is 0.223 e. The first-order valence-electron chi connectivity index (χ1n) is 8.48. The first-order chi connectivity index (χ1) is 11.7. The summed E-state index contributed by atoms with van der Waals surface area (Å²) in [7, 11) is 1.90. The number of carbonyl (C=O) groups excluding carboxylic acids is 1. The molecule has 1 unspecified atom stereocenters. The predicted octanol–water partition coefficient (Wildman–Crippen LogP) is 1.96. The summed E-state index contributed by atoms with van der Waals surface area (Å²) in [6.45, 7) is 1.97. The summed E-state index contributed by atoms with van der Waals surface area (Å²) in [5.74, 6) is 0.136. The van der Waals surface area contributed by atoms with E-state index in [1.165, 1.54) is 0 Å². The normalized spacial score (nSPS) is 17.1. The topological polar surface area (TPSA) is 60.2 Å². The van der Waals surface area contributed by atoms with E-state index in [4.69, 9.17) is 4.74 Å². The van der Waals surface area contributed by atoms with Crippen LogP contribution in [0.25, 0.3) is 0 Å². The molecule has 1 fully saturated rings. The van der Waals surface area contributed by atoms with Gasteiger partial charge in [-0.05, 0) is 37.5 Å². The maximum absolute atomic E-state index is 12.8. The molecule has 1 aliphatic rings. The predicted molar refractivity (Wildman–Crippen MR) is 90.2 cm³/mol. The zero-order valence-electron chi connectivity index (χ0n) is 14.1. The molecule has 0 radical (unpaired) electrons. The highest BCUT2D eigenvalue weighted by molar-refractivity contribution is 5.76. The van der Waals surface area contributed by atoms with Crippen LogP contribution in [-0.4, -0.2) is 44.8 Å². The van der Waals surface area contributed by atoms with Crippen LogP contribution in [0.5, 0.6) is 0 Å². The van der Waals surface area contributed by atoms with Crippen molar-refractivity contribution in [1.82, 2.24) is 19.7 Å². The van der Waals surface area contributed by atoms with Gasteiger partial charge in [0.1, 0.15) is 0 Å². The van der Waals surface area contributed by atoms with Crippen molar-refractivity contribution in [2.45, 2.75) is 38.3 Å². The number of nitrogens with zero attached hydrogens (tertiary/aromatic N) is 4. The van der Waals surface area contributed by atoms with E-state index in [9.17, 15) is 4.79 Å². The molecule has 1 aliphatic heterocycles. The number of hydrogen-bond acceptors (Lipinski definition) is 4. The molecule has 0 aliphatic carbocycles. The van der Waals surface area contributed by atoms with E-state index in [0.717, 1.165) is 30.8 Å². The monoisotopic (exact) mass is 328 g/mol. The van der Waals surface area contributed by atoms with Gasteiger partial charge in [-0.1, -0.05) is 6.07 Å². The van der Waals surface area contributed by atoms with Crippen LogP contribution in [0.3, 0.4) is 0 Å². The van der Waals surface area contributed by atoms with Crippen LogP contribution >= 0.6 is 0 Å². The van der Waals surface area contributed by atoms with Gasteiger partial charge in [-0.3, -0.25) is 14.5 Å². The van der Waals surface area contributed by atoms with Gasteiger partial charge in [0, 0.05) is 44.7 Å². The van der Waals surface area contributed by atoms with Gasteiger partial charge in [-0.15, -0.1) is 0 Å². The Bertz CT molecular complexity index is 650. The molecule has 0 saturated carbocycles. The van der Waals surface area contributed by atoms with E-state index >= 15 is 0 Å². The molecule has 0 N–H and O–H groups in total. The summed E-state index contributed by atoms with van der Waals surface area (Å²) in [5, 5.41) is 4.15. The van der Waals surface area contributed by atoms with Crippen molar-refractivity contribution < 1.29 is 9.53 Å². The molecular formula is C18H24N4O2. The molecule has 2 aromatic rings. The van der Waals surface area contributed by atoms with Crippen molar-refractivity contribution in [2.75, 3.05) is 13.2 Å². The van der Waals surface area contributed by atoms with Crippen molar-refractivity contribution >= 4 is 5.91 Å². The lowest BCUT2D eigenvalue weighted by molar-refractivity contribution is -0.133. The average molecular weight is 328 g/mol. The van der Waals surface area contributed by atoms with Crippen LogP contribution in [0.15, 0.2) is 36.7 Å². The van der Waals surface area contributed by atoms with Crippen molar-refractivity contribution in [3.8, 4) is 0 Å². The van der Waals surface area contributed by atoms with Gasteiger partial charge < -0.3 is 9.64 Å². The second kappa shape index (κ2) is 8.06. The second-order valence-electron chi connectivity index (χ2n) is 6.18. The SMILES string of the molecule is Cn1nccc1CCC(=O)N(Cc1ccccn1)CC1CCCO1. The number of aryl methyl sites for hydroxylation is 2. The van der Waals surface area contributed by atoms with Crippen LogP contribution in [0.2, 0.25) is 0 Å². The van der Waals surface area contributed by atoms with Crippen LogP contribution < -0.4 is 0 Å². The number of rotatable bonds is 7. The summed E-state index contributed by atoms with van der Waals surface area (Å²) in [4.78, 5) is 19.0. The zero-order valence-corrected chi connectivity index (χ0v) is 14.1. The summed E-state index contributed by atoms with van der Waals surface area (Å²) in [6.07, 6.45) is 6.93. The van der Waals surface area contributed by atoms with E-state index in [-0.39, 0.29) is 12.0 Å². The van der Waals surface area contributed by atoms with Crippen molar-refractivity contribution in [3.05, 3.63) is 48.0 Å². The van der Waals surface area contributed by atoms with E-state index in [1.807, 2.05) is 40.9 Å². The van der Waals surface area contributed by atoms with Crippen molar-refractivity contribution in [3.63, 3.8) is 0 Å². The molecule has 24 heavy (non-hydrogen) atoms. The maximum atomic E-state index is 12.8. The number of ether oxygens (including phenoxy) is 1. The zero-order chi connectivity index (χ0) is 16.8. The minimum Gasteiger partial charge on any atom is -0.376 e. The van der Waals surface area contributed by atoms with Crippen LogP contribution in [0.4, 0.5) is 0 Å². The summed E-state index contributed by atoms with van der Waals surface area (Å²) in [6, 6.07) is 7.75. The molecular weight excluding hydrogens is 304 g/mol. The number of pyridine rings is 1. The van der Waals surface area contributed by atoms with E-state index in [2.05, 4.69) is 10.1 Å². The Kier molecular flexibility index (Phi) is 5.59. The lowest BCUT2D eigenvalue weighted by atomic mass is 10.1. The molecule has 128 valence electrons. The van der Waals surface area contributed by atoms with Crippen molar-refractivity contribution in [1.29, 1.82) is 0 Å². The lowest BCUT2D eigenvalue weighted by Gasteiger charge is -2.25. The van der Waals surface area contributed by atoms with Gasteiger partial charge >= 0.3 is 0 Å². The quantitative estimate of drug-likeness (QED) is 0.779. The standard InChI is InChI=1S/C18H24N4O2/c1-21-16(9-11-20-21)7-8-18(23)22(14-17-6-4-12-24-17)13-15-5-2-3-10-19-15/h2-3,5,9-11,17H,4,6-8,12-14H2,1H3.